The van der Waals surface area contributed by atoms with E-state index in [9.17, 15) is 4.79 Å². The lowest BCUT2D eigenvalue weighted by atomic mass is 10.3. The lowest BCUT2D eigenvalue weighted by Gasteiger charge is -2.01. The van der Waals surface area contributed by atoms with Crippen molar-refractivity contribution in [3.8, 4) is 0 Å². The smallest absolute Gasteiger partial charge is 0.145 e. The van der Waals surface area contributed by atoms with Crippen LogP contribution in [0.1, 0.15) is 12.8 Å². The zero-order valence-corrected chi connectivity index (χ0v) is 5.12. The lowest BCUT2D eigenvalue weighted by molar-refractivity contribution is -0.110. The maximum Gasteiger partial charge on any atom is 0.145 e. The predicted molar refractivity (Wildman–Crippen MR) is 33.8 cm³/mol. The minimum atomic E-state index is -0.304. The fourth-order valence-electron chi connectivity index (χ4n) is 0.509. The lowest BCUT2D eigenvalue weighted by Crippen LogP contribution is -2.30. The molecule has 1 saturated carbocycles. The molecular formula is C5H6NOS. The molecule has 2 nitrogen and oxygen atoms in total. The number of aldehydes is 1. The Balaban J connectivity index is 2.40. The van der Waals surface area contributed by atoms with Crippen molar-refractivity contribution in [3.05, 3.63) is 0 Å². The van der Waals surface area contributed by atoms with Crippen LogP contribution in [0.15, 0.2) is 0 Å². The van der Waals surface area contributed by atoms with Crippen molar-refractivity contribution in [3.63, 3.8) is 0 Å². The van der Waals surface area contributed by atoms with E-state index >= 15 is 0 Å². The van der Waals surface area contributed by atoms with Crippen LogP contribution in [-0.2, 0) is 4.79 Å². The second-order valence-electron chi connectivity index (χ2n) is 2.00. The average molecular weight is 128 g/mol. The average Bonchev–Trinajstić information content (AvgIpc) is 2.50. The van der Waals surface area contributed by atoms with E-state index < -0.39 is 0 Å². The third-order valence-electron chi connectivity index (χ3n) is 1.31. The molecule has 0 aromatic carbocycles. The number of hydrogen-bond donors (Lipinski definition) is 1. The van der Waals surface area contributed by atoms with Gasteiger partial charge in [-0.1, -0.05) is 12.2 Å². The van der Waals surface area contributed by atoms with Crippen molar-refractivity contribution in [2.75, 3.05) is 0 Å². The van der Waals surface area contributed by atoms with Gasteiger partial charge >= 0.3 is 0 Å². The quantitative estimate of drug-likeness (QED) is 0.333. The maximum atomic E-state index is 10.1. The number of rotatable bonds is 3. The second kappa shape index (κ2) is 1.82. The van der Waals surface area contributed by atoms with Gasteiger partial charge in [0.25, 0.3) is 0 Å². The standard InChI is InChI=1S/C5H6NOS/c7-3-5(1-2-5)6-4-8/h3H,1-2H2,(H,6,8). The van der Waals surface area contributed by atoms with Crippen molar-refractivity contribution >= 4 is 24.0 Å². The van der Waals surface area contributed by atoms with Gasteiger partial charge in [0.15, 0.2) is 0 Å². The van der Waals surface area contributed by atoms with Crippen LogP contribution in [0.2, 0.25) is 0 Å². The van der Waals surface area contributed by atoms with E-state index in [0.29, 0.717) is 0 Å². The molecule has 1 rings (SSSR count). The van der Waals surface area contributed by atoms with Gasteiger partial charge in [0.1, 0.15) is 11.8 Å². The summed E-state index contributed by atoms with van der Waals surface area (Å²) in [6.07, 6.45) is 2.70. The van der Waals surface area contributed by atoms with Crippen LogP contribution in [0, 0.1) is 0 Å². The third kappa shape index (κ3) is 0.865. The van der Waals surface area contributed by atoms with E-state index in [1.807, 2.05) is 0 Å². The summed E-state index contributed by atoms with van der Waals surface area (Å²) in [5, 5.41) is 2.68. The highest BCUT2D eigenvalue weighted by Gasteiger charge is 2.41. The molecule has 1 aliphatic carbocycles. The first-order chi connectivity index (χ1) is 3.83. The molecule has 0 aromatic rings. The number of thiocarbonyl (C=S) groups is 1. The number of hydrogen-bond acceptors (Lipinski definition) is 2. The van der Waals surface area contributed by atoms with Gasteiger partial charge in [0.05, 0.1) is 5.54 Å². The molecule has 0 saturated heterocycles. The van der Waals surface area contributed by atoms with Crippen LogP contribution in [0.4, 0.5) is 0 Å². The number of nitrogens with one attached hydrogen (secondary N) is 1. The summed E-state index contributed by atoms with van der Waals surface area (Å²) < 4.78 is 0. The van der Waals surface area contributed by atoms with E-state index in [-0.39, 0.29) is 5.54 Å². The molecule has 0 amide bonds. The molecule has 1 aliphatic rings. The fourth-order valence-corrected chi connectivity index (χ4v) is 0.712. The molecule has 0 unspecified atom stereocenters. The van der Waals surface area contributed by atoms with Gasteiger partial charge in [-0.2, -0.15) is 0 Å². The van der Waals surface area contributed by atoms with Crippen LogP contribution in [0.25, 0.3) is 0 Å². The minimum absolute atomic E-state index is 0.304. The summed E-state index contributed by atoms with van der Waals surface area (Å²) >= 11 is 4.39. The fraction of sp³-hybridized carbons (Fsp3) is 0.600. The molecule has 0 aromatic heterocycles. The summed E-state index contributed by atoms with van der Waals surface area (Å²) in [6.45, 7) is 0. The van der Waals surface area contributed by atoms with Crippen molar-refractivity contribution < 1.29 is 4.79 Å². The van der Waals surface area contributed by atoms with Crippen LogP contribution in [-0.4, -0.2) is 17.3 Å². The molecule has 1 radical (unpaired) electrons. The van der Waals surface area contributed by atoms with Gasteiger partial charge in [0, 0.05) is 0 Å². The summed E-state index contributed by atoms with van der Waals surface area (Å²) in [7, 11) is 0. The van der Waals surface area contributed by atoms with Crippen molar-refractivity contribution in [2.45, 2.75) is 18.4 Å². The normalized spacial score (nSPS) is 21.5. The molecule has 3 heteroatoms. The largest absolute Gasteiger partial charge is 0.362 e. The van der Waals surface area contributed by atoms with Crippen LogP contribution in [0.3, 0.4) is 0 Å². The number of carbonyl (C=O) groups excluding carboxylic acids is 1. The monoisotopic (exact) mass is 128 g/mol. The first-order valence-electron chi connectivity index (χ1n) is 2.44. The van der Waals surface area contributed by atoms with Gasteiger partial charge in [-0.05, 0) is 12.8 Å². The predicted octanol–water partition coefficient (Wildman–Crippen LogP) is 0.142. The summed E-state index contributed by atoms with van der Waals surface area (Å²) in [6, 6.07) is 0. The first-order valence-corrected chi connectivity index (χ1v) is 2.84. The van der Waals surface area contributed by atoms with E-state index in [1.165, 1.54) is 0 Å². The van der Waals surface area contributed by atoms with Crippen molar-refractivity contribution in [2.24, 2.45) is 0 Å². The van der Waals surface area contributed by atoms with E-state index in [4.69, 9.17) is 0 Å². The Kier molecular flexibility index (Phi) is 1.29. The topological polar surface area (TPSA) is 29.1 Å². The molecule has 1 fully saturated rings. The van der Waals surface area contributed by atoms with Gasteiger partial charge in [-0.3, -0.25) is 0 Å². The second-order valence-corrected chi connectivity index (χ2v) is 2.21. The van der Waals surface area contributed by atoms with Gasteiger partial charge in [-0.25, -0.2) is 0 Å². The van der Waals surface area contributed by atoms with E-state index in [0.717, 1.165) is 19.1 Å². The van der Waals surface area contributed by atoms with Gasteiger partial charge in [-0.15, -0.1) is 0 Å². The molecule has 0 atom stereocenters. The summed E-state index contributed by atoms with van der Waals surface area (Å²) in [5.74, 6) is 0. The van der Waals surface area contributed by atoms with E-state index in [2.05, 4.69) is 23.0 Å². The Morgan fingerprint density at radius 2 is 2.38 bits per heavy atom. The molecule has 0 bridgehead atoms. The summed E-state index contributed by atoms with van der Waals surface area (Å²) in [4.78, 5) is 10.1. The first kappa shape index (κ1) is 5.69. The van der Waals surface area contributed by atoms with Crippen LogP contribution >= 0.6 is 12.2 Å². The molecule has 0 heterocycles. The zero-order chi connectivity index (χ0) is 6.04. The Labute approximate surface area is 53.3 Å². The van der Waals surface area contributed by atoms with Crippen molar-refractivity contribution in [1.29, 1.82) is 0 Å². The third-order valence-corrected chi connectivity index (χ3v) is 1.42. The highest BCUT2D eigenvalue weighted by Crippen LogP contribution is 2.31. The van der Waals surface area contributed by atoms with Crippen molar-refractivity contribution in [1.82, 2.24) is 5.32 Å². The molecule has 0 aliphatic heterocycles. The SMILES string of the molecule is O=CC1(N[C]=S)CC1. The zero-order valence-electron chi connectivity index (χ0n) is 4.31. The van der Waals surface area contributed by atoms with Crippen LogP contribution < -0.4 is 5.32 Å². The Morgan fingerprint density at radius 3 is 2.50 bits per heavy atom. The van der Waals surface area contributed by atoms with Crippen LogP contribution in [0.5, 0.6) is 0 Å². The molecule has 8 heavy (non-hydrogen) atoms. The Bertz CT molecular complexity index is 120. The summed E-state index contributed by atoms with van der Waals surface area (Å²) in [5.41, 5.74) is 2.02. The number of carbonyl (C=O) groups is 1. The molecular weight excluding hydrogens is 122 g/mol. The van der Waals surface area contributed by atoms with E-state index in [1.54, 1.807) is 0 Å². The highest BCUT2D eigenvalue weighted by atomic mass is 32.1. The Morgan fingerprint density at radius 1 is 1.75 bits per heavy atom. The molecule has 43 valence electrons. The molecule has 1 N–H and O–H groups in total. The highest BCUT2D eigenvalue weighted by molar-refractivity contribution is 7.78. The maximum absolute atomic E-state index is 10.1. The molecule has 0 spiro atoms. The van der Waals surface area contributed by atoms with Gasteiger partial charge in [0.2, 0.25) is 0 Å². The van der Waals surface area contributed by atoms with Gasteiger partial charge < -0.3 is 10.1 Å². The Hall–Kier alpha value is -0.440. The minimum Gasteiger partial charge on any atom is -0.362 e.